The Hall–Kier alpha value is -1.54. The van der Waals surface area contributed by atoms with Crippen LogP contribution in [0, 0.1) is 0 Å². The molecule has 1 aromatic heterocycles. The summed E-state index contributed by atoms with van der Waals surface area (Å²) in [6.45, 7) is 0.245. The van der Waals surface area contributed by atoms with Gasteiger partial charge in [0.05, 0.1) is 0 Å². The van der Waals surface area contributed by atoms with E-state index in [9.17, 15) is 4.79 Å². The van der Waals surface area contributed by atoms with Gasteiger partial charge in [-0.05, 0) is 43.9 Å². The molecule has 0 atom stereocenters. The van der Waals surface area contributed by atoms with Gasteiger partial charge in [-0.1, -0.05) is 0 Å². The zero-order chi connectivity index (χ0) is 16.5. The Bertz CT molecular complexity index is 763. The first-order valence-corrected chi connectivity index (χ1v) is 8.99. The largest absolute Gasteiger partial charge is 0.454 e. The third-order valence-corrected chi connectivity index (χ3v) is 5.35. The van der Waals surface area contributed by atoms with E-state index in [0.29, 0.717) is 11.4 Å². The van der Waals surface area contributed by atoms with Gasteiger partial charge in [-0.3, -0.25) is 4.79 Å². The number of rotatable bonds is 3. The van der Waals surface area contributed by atoms with E-state index in [1.54, 1.807) is 5.38 Å². The van der Waals surface area contributed by atoms with Gasteiger partial charge in [0.1, 0.15) is 10.7 Å². The lowest BCUT2D eigenvalue weighted by molar-refractivity contribution is 0.0921. The first kappa shape index (κ1) is 20.8. The summed E-state index contributed by atoms with van der Waals surface area (Å²) in [5.41, 5.74) is 7.29. The summed E-state index contributed by atoms with van der Waals surface area (Å²) in [7, 11) is 0. The fourth-order valence-corrected chi connectivity index (χ4v) is 3.86. The topological polar surface area (TPSA) is 86.5 Å². The molecule has 142 valence electrons. The molecule has 1 fully saturated rings. The fraction of sp³-hybridized carbons (Fsp3) is 0.412. The second kappa shape index (κ2) is 8.90. The molecule has 9 heteroatoms. The lowest BCUT2D eigenvalue weighted by Gasteiger charge is -2.26. The van der Waals surface area contributed by atoms with Crippen LogP contribution in [0.4, 0.5) is 0 Å². The molecular formula is C17H21Cl2N3O3S. The van der Waals surface area contributed by atoms with E-state index in [1.807, 2.05) is 18.2 Å². The molecular weight excluding hydrogens is 397 g/mol. The summed E-state index contributed by atoms with van der Waals surface area (Å²) >= 11 is 1.45. The number of hydrogen-bond donors (Lipinski definition) is 2. The van der Waals surface area contributed by atoms with Crippen LogP contribution in [0.2, 0.25) is 0 Å². The molecule has 2 aliphatic rings. The zero-order valence-corrected chi connectivity index (χ0v) is 16.4. The fourth-order valence-electron chi connectivity index (χ4n) is 3.06. The molecule has 1 aromatic carbocycles. The zero-order valence-electron chi connectivity index (χ0n) is 14.0. The number of halogens is 2. The van der Waals surface area contributed by atoms with Crippen LogP contribution >= 0.6 is 36.2 Å². The number of ether oxygens (including phenoxy) is 2. The van der Waals surface area contributed by atoms with Gasteiger partial charge in [-0.15, -0.1) is 36.2 Å². The quantitative estimate of drug-likeness (QED) is 0.798. The highest BCUT2D eigenvalue weighted by Crippen LogP contribution is 2.36. The first-order chi connectivity index (χ1) is 11.7. The number of amides is 1. The van der Waals surface area contributed by atoms with Crippen LogP contribution in [0.25, 0.3) is 10.6 Å². The number of nitrogens with zero attached hydrogens (tertiary/aromatic N) is 1. The number of carbonyl (C=O) groups is 1. The minimum atomic E-state index is -0.112. The van der Waals surface area contributed by atoms with Gasteiger partial charge in [0.2, 0.25) is 6.79 Å². The van der Waals surface area contributed by atoms with Crippen molar-refractivity contribution >= 4 is 42.1 Å². The van der Waals surface area contributed by atoms with Crippen molar-refractivity contribution < 1.29 is 14.3 Å². The molecule has 0 bridgehead atoms. The number of thiazole rings is 1. The van der Waals surface area contributed by atoms with Crippen LogP contribution in [0.1, 0.15) is 36.2 Å². The average molecular weight is 418 g/mol. The van der Waals surface area contributed by atoms with Gasteiger partial charge in [0.25, 0.3) is 5.91 Å². The van der Waals surface area contributed by atoms with Gasteiger partial charge in [-0.2, -0.15) is 0 Å². The van der Waals surface area contributed by atoms with E-state index in [4.69, 9.17) is 15.2 Å². The van der Waals surface area contributed by atoms with Crippen molar-refractivity contribution in [1.82, 2.24) is 10.3 Å². The number of nitrogens with one attached hydrogen (secondary N) is 1. The molecule has 1 aliphatic heterocycles. The number of benzene rings is 1. The third kappa shape index (κ3) is 4.40. The molecule has 0 radical (unpaired) electrons. The van der Waals surface area contributed by atoms with Crippen LogP contribution < -0.4 is 20.5 Å². The van der Waals surface area contributed by atoms with E-state index in [1.165, 1.54) is 11.3 Å². The maximum atomic E-state index is 12.4. The van der Waals surface area contributed by atoms with Crippen molar-refractivity contribution in [2.24, 2.45) is 5.73 Å². The summed E-state index contributed by atoms with van der Waals surface area (Å²) in [5, 5.41) is 5.66. The number of carbonyl (C=O) groups excluding carboxylic acids is 1. The Morgan fingerprint density at radius 1 is 1.15 bits per heavy atom. The van der Waals surface area contributed by atoms with E-state index < -0.39 is 0 Å². The maximum absolute atomic E-state index is 12.4. The van der Waals surface area contributed by atoms with Crippen molar-refractivity contribution in [3.05, 3.63) is 29.3 Å². The predicted molar refractivity (Wildman–Crippen MR) is 106 cm³/mol. The van der Waals surface area contributed by atoms with Crippen LogP contribution in [-0.4, -0.2) is 29.8 Å². The maximum Gasteiger partial charge on any atom is 0.270 e. The molecule has 6 nitrogen and oxygen atoms in total. The standard InChI is InChI=1S/C17H19N3O3S.2ClH/c18-11-2-4-12(5-3-11)19-16(21)13-8-24-17(20-13)10-1-6-14-15(7-10)23-9-22-14;;/h1,6-8,11-12H,2-5,9,18H2,(H,19,21);2*1H. The van der Waals surface area contributed by atoms with Crippen molar-refractivity contribution in [2.45, 2.75) is 37.8 Å². The lowest BCUT2D eigenvalue weighted by Crippen LogP contribution is -2.40. The minimum absolute atomic E-state index is 0. The van der Waals surface area contributed by atoms with Crippen LogP contribution in [0.3, 0.4) is 0 Å². The SMILES string of the molecule is Cl.Cl.NC1CCC(NC(=O)c2csc(-c3ccc4c(c3)OCO4)n2)CC1. The Labute approximate surface area is 168 Å². The third-order valence-electron chi connectivity index (χ3n) is 4.46. The van der Waals surface area contributed by atoms with E-state index >= 15 is 0 Å². The van der Waals surface area contributed by atoms with Gasteiger partial charge >= 0.3 is 0 Å². The summed E-state index contributed by atoms with van der Waals surface area (Å²) in [4.78, 5) is 16.9. The molecule has 0 unspecified atom stereocenters. The molecule has 0 spiro atoms. The molecule has 1 saturated carbocycles. The Morgan fingerprint density at radius 2 is 1.88 bits per heavy atom. The minimum Gasteiger partial charge on any atom is -0.454 e. The predicted octanol–water partition coefficient (Wildman–Crippen LogP) is 3.38. The van der Waals surface area contributed by atoms with Crippen molar-refractivity contribution in [3.8, 4) is 22.1 Å². The second-order valence-corrected chi connectivity index (χ2v) is 7.05. The highest BCUT2D eigenvalue weighted by atomic mass is 35.5. The Kier molecular flexibility index (Phi) is 7.11. The molecule has 1 amide bonds. The molecule has 0 saturated heterocycles. The average Bonchev–Trinajstić information content (AvgIpc) is 3.25. The first-order valence-electron chi connectivity index (χ1n) is 8.11. The molecule has 26 heavy (non-hydrogen) atoms. The smallest absolute Gasteiger partial charge is 0.270 e. The summed E-state index contributed by atoms with van der Waals surface area (Å²) < 4.78 is 10.7. The second-order valence-electron chi connectivity index (χ2n) is 6.19. The normalized spacial score (nSPS) is 20.7. The van der Waals surface area contributed by atoms with Crippen molar-refractivity contribution in [2.75, 3.05) is 6.79 Å². The number of fused-ring (bicyclic) bond motifs is 1. The van der Waals surface area contributed by atoms with Gasteiger partial charge in [0, 0.05) is 23.0 Å². The molecule has 3 N–H and O–H groups in total. The number of aromatic nitrogens is 1. The summed E-state index contributed by atoms with van der Waals surface area (Å²) in [6.07, 6.45) is 3.80. The molecule has 2 aromatic rings. The van der Waals surface area contributed by atoms with Gasteiger partial charge < -0.3 is 20.5 Å². The van der Waals surface area contributed by atoms with Crippen LogP contribution in [0.5, 0.6) is 11.5 Å². The lowest BCUT2D eigenvalue weighted by atomic mass is 9.92. The number of nitrogens with two attached hydrogens (primary N) is 1. The van der Waals surface area contributed by atoms with Gasteiger partial charge in [-0.25, -0.2) is 4.98 Å². The van der Waals surface area contributed by atoms with Crippen molar-refractivity contribution in [3.63, 3.8) is 0 Å². The summed E-state index contributed by atoms with van der Waals surface area (Å²) in [5.74, 6) is 1.34. The van der Waals surface area contributed by atoms with Crippen LogP contribution in [0.15, 0.2) is 23.6 Å². The molecule has 4 rings (SSSR count). The van der Waals surface area contributed by atoms with Gasteiger partial charge in [0.15, 0.2) is 11.5 Å². The monoisotopic (exact) mass is 417 g/mol. The summed E-state index contributed by atoms with van der Waals surface area (Å²) in [6, 6.07) is 6.16. The Balaban J connectivity index is 0.00000121. The Morgan fingerprint density at radius 3 is 2.65 bits per heavy atom. The molecule has 1 aliphatic carbocycles. The molecule has 2 heterocycles. The van der Waals surface area contributed by atoms with E-state index in [0.717, 1.165) is 42.0 Å². The van der Waals surface area contributed by atoms with E-state index in [-0.39, 0.29) is 49.6 Å². The highest BCUT2D eigenvalue weighted by molar-refractivity contribution is 7.13. The number of hydrogen-bond acceptors (Lipinski definition) is 6. The van der Waals surface area contributed by atoms with Crippen LogP contribution in [-0.2, 0) is 0 Å². The van der Waals surface area contributed by atoms with Crippen molar-refractivity contribution in [1.29, 1.82) is 0 Å². The highest BCUT2D eigenvalue weighted by Gasteiger charge is 2.22. The van der Waals surface area contributed by atoms with E-state index in [2.05, 4.69) is 10.3 Å².